The standard InChI is InChI=1S/C21H18N2O4S/c1-3-27-20(25)17-13(2)22-21-23(18(17)15-7-5-4-6-8-15)19(24)16(28-21)11-14-9-10-26-12-14/h4-12,18H,3H2,1-2H3/b16-11+/t18-/m0/s1. The van der Waals surface area contributed by atoms with Crippen molar-refractivity contribution in [1.29, 1.82) is 0 Å². The average Bonchev–Trinajstić information content (AvgIpc) is 3.30. The molecule has 28 heavy (non-hydrogen) atoms. The summed E-state index contributed by atoms with van der Waals surface area (Å²) in [5.41, 5.74) is 2.37. The molecule has 6 nitrogen and oxygen atoms in total. The first kappa shape index (κ1) is 18.2. The predicted molar refractivity (Wildman–Crippen MR) is 106 cm³/mol. The van der Waals surface area contributed by atoms with Crippen LogP contribution in [0.4, 0.5) is 0 Å². The summed E-state index contributed by atoms with van der Waals surface area (Å²) >= 11 is 1.29. The molecule has 1 aliphatic heterocycles. The van der Waals surface area contributed by atoms with Gasteiger partial charge in [-0.05, 0) is 31.6 Å². The van der Waals surface area contributed by atoms with Crippen LogP contribution in [0.3, 0.4) is 0 Å². The summed E-state index contributed by atoms with van der Waals surface area (Å²) in [7, 11) is 0. The van der Waals surface area contributed by atoms with E-state index in [4.69, 9.17) is 9.15 Å². The van der Waals surface area contributed by atoms with Gasteiger partial charge in [-0.3, -0.25) is 9.36 Å². The first-order chi connectivity index (χ1) is 13.6. The highest BCUT2D eigenvalue weighted by Gasteiger charge is 2.33. The van der Waals surface area contributed by atoms with E-state index in [9.17, 15) is 9.59 Å². The van der Waals surface area contributed by atoms with E-state index in [1.54, 1.807) is 43.1 Å². The lowest BCUT2D eigenvalue weighted by atomic mass is 9.96. The number of benzene rings is 1. The molecule has 1 aromatic carbocycles. The fourth-order valence-corrected chi connectivity index (χ4v) is 4.30. The van der Waals surface area contributed by atoms with Gasteiger partial charge in [-0.2, -0.15) is 0 Å². The maximum Gasteiger partial charge on any atom is 0.338 e. The van der Waals surface area contributed by atoms with Crippen LogP contribution in [0.25, 0.3) is 6.08 Å². The van der Waals surface area contributed by atoms with Crippen molar-refractivity contribution in [1.82, 2.24) is 4.57 Å². The first-order valence-corrected chi connectivity index (χ1v) is 9.68. The van der Waals surface area contributed by atoms with Gasteiger partial charge in [0.25, 0.3) is 5.56 Å². The van der Waals surface area contributed by atoms with Gasteiger partial charge in [0.2, 0.25) is 0 Å². The summed E-state index contributed by atoms with van der Waals surface area (Å²) in [5.74, 6) is -0.457. The van der Waals surface area contributed by atoms with Crippen LogP contribution < -0.4 is 14.9 Å². The number of aromatic nitrogens is 1. The van der Waals surface area contributed by atoms with Crippen molar-refractivity contribution in [3.63, 3.8) is 0 Å². The molecule has 1 aliphatic rings. The molecular weight excluding hydrogens is 376 g/mol. The van der Waals surface area contributed by atoms with E-state index in [2.05, 4.69) is 4.99 Å². The predicted octanol–water partition coefficient (Wildman–Crippen LogP) is 2.39. The molecule has 0 radical (unpaired) electrons. The third-order valence-electron chi connectivity index (χ3n) is 4.47. The monoisotopic (exact) mass is 394 g/mol. The molecule has 2 aromatic heterocycles. The van der Waals surface area contributed by atoms with Crippen LogP contribution >= 0.6 is 11.3 Å². The molecule has 4 rings (SSSR count). The van der Waals surface area contributed by atoms with Crippen LogP contribution in [-0.4, -0.2) is 17.1 Å². The Morgan fingerprint density at radius 3 is 2.79 bits per heavy atom. The number of hydrogen-bond donors (Lipinski definition) is 0. The smallest absolute Gasteiger partial charge is 0.338 e. The number of ether oxygens (including phenoxy) is 1. The SMILES string of the molecule is CCOC(=O)C1=C(C)N=c2s/c(=C/c3ccoc3)c(=O)n2[C@H]1c1ccccc1. The van der Waals surface area contributed by atoms with Crippen molar-refractivity contribution in [2.75, 3.05) is 6.61 Å². The zero-order chi connectivity index (χ0) is 19.7. The largest absolute Gasteiger partial charge is 0.472 e. The van der Waals surface area contributed by atoms with Crippen molar-refractivity contribution in [2.45, 2.75) is 19.9 Å². The van der Waals surface area contributed by atoms with Crippen LogP contribution in [0.5, 0.6) is 0 Å². The molecule has 0 spiro atoms. The lowest BCUT2D eigenvalue weighted by Crippen LogP contribution is -2.39. The molecule has 0 unspecified atom stereocenters. The van der Waals surface area contributed by atoms with Gasteiger partial charge in [0, 0.05) is 5.56 Å². The Morgan fingerprint density at radius 1 is 1.32 bits per heavy atom. The number of thiazole rings is 1. The zero-order valence-electron chi connectivity index (χ0n) is 15.4. The van der Waals surface area contributed by atoms with E-state index in [0.717, 1.165) is 11.1 Å². The molecule has 0 fully saturated rings. The zero-order valence-corrected chi connectivity index (χ0v) is 16.2. The molecule has 1 atom stereocenters. The fraction of sp³-hybridized carbons (Fsp3) is 0.190. The summed E-state index contributed by atoms with van der Waals surface area (Å²) in [6, 6.07) is 10.7. The van der Waals surface area contributed by atoms with Crippen molar-refractivity contribution in [2.24, 2.45) is 4.99 Å². The third-order valence-corrected chi connectivity index (χ3v) is 5.46. The number of hydrogen-bond acceptors (Lipinski definition) is 6. The Hall–Kier alpha value is -3.19. The second-order valence-electron chi connectivity index (χ2n) is 6.27. The quantitative estimate of drug-likeness (QED) is 0.637. The van der Waals surface area contributed by atoms with Gasteiger partial charge in [-0.25, -0.2) is 9.79 Å². The van der Waals surface area contributed by atoms with E-state index in [1.165, 1.54) is 11.3 Å². The average molecular weight is 394 g/mol. The molecule has 0 bridgehead atoms. The van der Waals surface area contributed by atoms with Gasteiger partial charge < -0.3 is 9.15 Å². The fourth-order valence-electron chi connectivity index (χ4n) is 3.25. The van der Waals surface area contributed by atoms with Gasteiger partial charge >= 0.3 is 5.97 Å². The molecule has 0 saturated heterocycles. The minimum absolute atomic E-state index is 0.201. The van der Waals surface area contributed by atoms with Crippen LogP contribution in [0.15, 0.2) is 74.4 Å². The van der Waals surface area contributed by atoms with E-state index >= 15 is 0 Å². The van der Waals surface area contributed by atoms with Crippen molar-refractivity contribution in [3.8, 4) is 0 Å². The molecule has 0 saturated carbocycles. The molecule has 0 N–H and O–H groups in total. The molecule has 0 amide bonds. The summed E-state index contributed by atoms with van der Waals surface area (Å²) in [4.78, 5) is 31.0. The number of allylic oxidation sites excluding steroid dienone is 1. The van der Waals surface area contributed by atoms with Gasteiger partial charge in [-0.1, -0.05) is 41.7 Å². The highest BCUT2D eigenvalue weighted by molar-refractivity contribution is 7.07. The van der Waals surface area contributed by atoms with Gasteiger partial charge in [0.1, 0.15) is 0 Å². The second-order valence-corrected chi connectivity index (χ2v) is 7.28. The highest BCUT2D eigenvalue weighted by atomic mass is 32.1. The number of rotatable bonds is 4. The second kappa shape index (κ2) is 7.44. The Balaban J connectivity index is 1.97. The molecule has 3 heterocycles. The lowest BCUT2D eigenvalue weighted by molar-refractivity contribution is -0.139. The van der Waals surface area contributed by atoms with E-state index < -0.39 is 12.0 Å². The van der Waals surface area contributed by atoms with Crippen LogP contribution in [0.1, 0.15) is 31.0 Å². The normalized spacial score (nSPS) is 16.6. The number of nitrogens with zero attached hydrogens (tertiary/aromatic N) is 2. The van der Waals surface area contributed by atoms with Gasteiger partial charge in [-0.15, -0.1) is 0 Å². The highest BCUT2D eigenvalue weighted by Crippen LogP contribution is 2.30. The number of fused-ring (bicyclic) bond motifs is 1. The van der Waals surface area contributed by atoms with Crippen LogP contribution in [0.2, 0.25) is 0 Å². The molecule has 142 valence electrons. The van der Waals surface area contributed by atoms with Gasteiger partial charge in [0.15, 0.2) is 4.80 Å². The molecular formula is C21H18N2O4S. The summed E-state index contributed by atoms with van der Waals surface area (Å²) in [6.45, 7) is 3.78. The van der Waals surface area contributed by atoms with Crippen molar-refractivity contribution in [3.05, 3.63) is 91.0 Å². The van der Waals surface area contributed by atoms with Crippen LogP contribution in [0, 0.1) is 0 Å². The van der Waals surface area contributed by atoms with E-state index in [1.807, 2.05) is 30.3 Å². The Bertz CT molecular complexity index is 1220. The number of carbonyl (C=O) groups is 1. The van der Waals surface area contributed by atoms with Crippen molar-refractivity contribution >= 4 is 23.4 Å². The number of esters is 1. The number of carbonyl (C=O) groups excluding carboxylic acids is 1. The number of furan rings is 1. The Kier molecular flexibility index (Phi) is 4.83. The topological polar surface area (TPSA) is 73.8 Å². The summed E-state index contributed by atoms with van der Waals surface area (Å²) in [5, 5.41) is 0. The molecule has 7 heteroatoms. The van der Waals surface area contributed by atoms with E-state index in [0.29, 0.717) is 20.6 Å². The Morgan fingerprint density at radius 2 is 2.11 bits per heavy atom. The van der Waals surface area contributed by atoms with Gasteiger partial charge in [0.05, 0.1) is 41.0 Å². The first-order valence-electron chi connectivity index (χ1n) is 8.87. The summed E-state index contributed by atoms with van der Waals surface area (Å²) in [6.07, 6.45) is 4.89. The minimum atomic E-state index is -0.581. The Labute approximate surface area is 164 Å². The maximum absolute atomic E-state index is 13.2. The maximum atomic E-state index is 13.2. The molecule has 0 aliphatic carbocycles. The van der Waals surface area contributed by atoms with Crippen molar-refractivity contribution < 1.29 is 13.9 Å². The summed E-state index contributed by atoms with van der Waals surface area (Å²) < 4.78 is 12.4. The lowest BCUT2D eigenvalue weighted by Gasteiger charge is -2.24. The molecule has 3 aromatic rings. The third kappa shape index (κ3) is 3.14. The minimum Gasteiger partial charge on any atom is -0.472 e. The van der Waals surface area contributed by atoms with E-state index in [-0.39, 0.29) is 12.2 Å². The van der Waals surface area contributed by atoms with Crippen LogP contribution in [-0.2, 0) is 9.53 Å².